The number of aryl methyl sites for hydroxylation is 1. The number of hydrogen-bond donors (Lipinski definition) is 1. The third-order valence-electron chi connectivity index (χ3n) is 5.50. The molecular weight excluding hydrogens is 328 g/mol. The van der Waals surface area contributed by atoms with Gasteiger partial charge < -0.3 is 15.1 Å². The molecule has 6 nitrogen and oxygen atoms in total. The van der Waals surface area contributed by atoms with Gasteiger partial charge in [-0.2, -0.15) is 0 Å². The van der Waals surface area contributed by atoms with Gasteiger partial charge in [0.2, 0.25) is 11.8 Å². The second kappa shape index (κ2) is 8.64. The average molecular weight is 358 g/mol. The van der Waals surface area contributed by atoms with Crippen LogP contribution in [0.2, 0.25) is 0 Å². The summed E-state index contributed by atoms with van der Waals surface area (Å²) in [6.07, 6.45) is 1.57. The van der Waals surface area contributed by atoms with Gasteiger partial charge >= 0.3 is 0 Å². The number of benzene rings is 1. The normalized spacial score (nSPS) is 22.0. The fourth-order valence-electron chi connectivity index (χ4n) is 3.62. The molecule has 1 aromatic rings. The maximum absolute atomic E-state index is 12.7. The molecule has 2 aliphatic rings. The SMILES string of the molecule is CCc1ccc(N2CC[C@@H](C(=O)NCCN3CCN(C)CC3)C2=O)cc1. The number of likely N-dealkylation sites (N-methyl/N-ethyl adjacent to an activating group) is 1. The highest BCUT2D eigenvalue weighted by Gasteiger charge is 2.37. The predicted octanol–water partition coefficient (Wildman–Crippen LogP) is 0.966. The van der Waals surface area contributed by atoms with Gasteiger partial charge in [0.1, 0.15) is 5.92 Å². The summed E-state index contributed by atoms with van der Waals surface area (Å²) in [5.74, 6) is -0.753. The summed E-state index contributed by atoms with van der Waals surface area (Å²) in [6, 6.07) is 8.05. The lowest BCUT2D eigenvalue weighted by Crippen LogP contribution is -2.47. The van der Waals surface area contributed by atoms with Crippen molar-refractivity contribution in [2.24, 2.45) is 5.92 Å². The third-order valence-corrected chi connectivity index (χ3v) is 5.50. The molecule has 0 aliphatic carbocycles. The second-order valence-corrected chi connectivity index (χ2v) is 7.29. The summed E-state index contributed by atoms with van der Waals surface area (Å²) < 4.78 is 0. The Hall–Kier alpha value is -1.92. The van der Waals surface area contributed by atoms with E-state index in [1.807, 2.05) is 24.3 Å². The van der Waals surface area contributed by atoms with Crippen LogP contribution in [0.25, 0.3) is 0 Å². The summed E-state index contributed by atoms with van der Waals surface area (Å²) in [5.41, 5.74) is 2.14. The number of nitrogens with one attached hydrogen (secondary N) is 1. The zero-order valence-corrected chi connectivity index (χ0v) is 15.9. The quantitative estimate of drug-likeness (QED) is 0.770. The lowest BCUT2D eigenvalue weighted by atomic mass is 10.1. The smallest absolute Gasteiger partial charge is 0.239 e. The second-order valence-electron chi connectivity index (χ2n) is 7.29. The Bertz CT molecular complexity index is 623. The molecule has 3 rings (SSSR count). The Morgan fingerprint density at radius 3 is 2.46 bits per heavy atom. The zero-order chi connectivity index (χ0) is 18.5. The van der Waals surface area contributed by atoms with Crippen LogP contribution in [0, 0.1) is 5.92 Å². The van der Waals surface area contributed by atoms with Crippen LogP contribution in [0.5, 0.6) is 0 Å². The van der Waals surface area contributed by atoms with Crippen LogP contribution in [0.3, 0.4) is 0 Å². The van der Waals surface area contributed by atoms with Crippen molar-refractivity contribution in [3.63, 3.8) is 0 Å². The minimum atomic E-state index is -0.548. The van der Waals surface area contributed by atoms with E-state index in [1.165, 1.54) is 5.56 Å². The molecule has 2 aliphatic heterocycles. The fraction of sp³-hybridized carbons (Fsp3) is 0.600. The Balaban J connectivity index is 1.47. The molecule has 1 aromatic carbocycles. The number of carbonyl (C=O) groups is 2. The molecule has 0 radical (unpaired) electrons. The van der Waals surface area contributed by atoms with Gasteiger partial charge in [0.15, 0.2) is 0 Å². The lowest BCUT2D eigenvalue weighted by molar-refractivity contribution is -0.132. The summed E-state index contributed by atoms with van der Waals surface area (Å²) in [7, 11) is 2.13. The minimum absolute atomic E-state index is 0.0775. The molecule has 1 N–H and O–H groups in total. The molecule has 0 saturated carbocycles. The highest BCUT2D eigenvalue weighted by atomic mass is 16.2. The Morgan fingerprint density at radius 1 is 1.12 bits per heavy atom. The Morgan fingerprint density at radius 2 is 1.81 bits per heavy atom. The summed E-state index contributed by atoms with van der Waals surface area (Å²) in [6.45, 7) is 8.40. The molecule has 2 saturated heterocycles. The van der Waals surface area contributed by atoms with Gasteiger partial charge in [-0.1, -0.05) is 19.1 Å². The summed E-state index contributed by atoms with van der Waals surface area (Å²) >= 11 is 0. The maximum Gasteiger partial charge on any atom is 0.239 e. The maximum atomic E-state index is 12.7. The predicted molar refractivity (Wildman–Crippen MR) is 103 cm³/mol. The van der Waals surface area contributed by atoms with Crippen LogP contribution < -0.4 is 10.2 Å². The standard InChI is InChI=1S/C20H30N4O2/c1-3-16-4-6-17(7-5-16)24-10-8-18(20(24)26)19(25)21-9-11-23-14-12-22(2)13-15-23/h4-7,18H,3,8-15H2,1-2H3,(H,21,25)/t18-/m0/s1. The Kier molecular flexibility index (Phi) is 6.27. The number of piperazine rings is 1. The monoisotopic (exact) mass is 358 g/mol. The highest BCUT2D eigenvalue weighted by Crippen LogP contribution is 2.25. The van der Waals surface area contributed by atoms with Crippen molar-refractivity contribution < 1.29 is 9.59 Å². The van der Waals surface area contributed by atoms with E-state index in [9.17, 15) is 9.59 Å². The zero-order valence-electron chi connectivity index (χ0n) is 15.9. The van der Waals surface area contributed by atoms with Crippen molar-refractivity contribution >= 4 is 17.5 Å². The lowest BCUT2D eigenvalue weighted by Gasteiger charge is -2.32. The van der Waals surface area contributed by atoms with Gasteiger partial charge in [-0.3, -0.25) is 14.5 Å². The van der Waals surface area contributed by atoms with Crippen molar-refractivity contribution in [1.29, 1.82) is 0 Å². The number of carbonyl (C=O) groups excluding carboxylic acids is 2. The van der Waals surface area contributed by atoms with E-state index >= 15 is 0 Å². The summed E-state index contributed by atoms with van der Waals surface area (Å²) in [4.78, 5) is 31.5. The van der Waals surface area contributed by atoms with Gasteiger partial charge in [-0.05, 0) is 37.6 Å². The van der Waals surface area contributed by atoms with E-state index < -0.39 is 5.92 Å². The number of anilines is 1. The van der Waals surface area contributed by atoms with Gasteiger partial charge in [0, 0.05) is 51.5 Å². The van der Waals surface area contributed by atoms with Crippen LogP contribution >= 0.6 is 0 Å². The van der Waals surface area contributed by atoms with Gasteiger partial charge in [0.05, 0.1) is 0 Å². The average Bonchev–Trinajstić information content (AvgIpc) is 3.05. The fourth-order valence-corrected chi connectivity index (χ4v) is 3.62. The summed E-state index contributed by atoms with van der Waals surface area (Å²) in [5, 5.41) is 2.96. The molecule has 1 atom stereocenters. The molecule has 26 heavy (non-hydrogen) atoms. The van der Waals surface area contributed by atoms with Crippen LogP contribution in [0.4, 0.5) is 5.69 Å². The molecule has 0 unspecified atom stereocenters. The minimum Gasteiger partial charge on any atom is -0.354 e. The Labute approximate surface area is 156 Å². The van der Waals surface area contributed by atoms with Crippen LogP contribution in [-0.2, 0) is 16.0 Å². The van der Waals surface area contributed by atoms with E-state index in [1.54, 1.807) is 4.90 Å². The van der Waals surface area contributed by atoms with Crippen LogP contribution in [0.15, 0.2) is 24.3 Å². The van der Waals surface area contributed by atoms with E-state index in [0.717, 1.165) is 44.8 Å². The van der Waals surface area contributed by atoms with E-state index in [0.29, 0.717) is 19.5 Å². The van der Waals surface area contributed by atoms with Gasteiger partial charge in [-0.15, -0.1) is 0 Å². The number of rotatable bonds is 6. The molecule has 142 valence electrons. The van der Waals surface area contributed by atoms with Crippen molar-refractivity contribution in [2.75, 3.05) is 57.8 Å². The number of hydrogen-bond acceptors (Lipinski definition) is 4. The van der Waals surface area contributed by atoms with Crippen molar-refractivity contribution in [1.82, 2.24) is 15.1 Å². The first-order chi connectivity index (χ1) is 12.6. The van der Waals surface area contributed by atoms with E-state index in [4.69, 9.17) is 0 Å². The van der Waals surface area contributed by atoms with Crippen LogP contribution in [-0.4, -0.2) is 74.5 Å². The first-order valence-electron chi connectivity index (χ1n) is 9.67. The largest absolute Gasteiger partial charge is 0.354 e. The topological polar surface area (TPSA) is 55.9 Å². The van der Waals surface area contributed by atoms with Crippen molar-refractivity contribution in [3.05, 3.63) is 29.8 Å². The molecule has 6 heteroatoms. The molecule has 2 fully saturated rings. The first-order valence-corrected chi connectivity index (χ1v) is 9.67. The molecule has 0 bridgehead atoms. The highest BCUT2D eigenvalue weighted by molar-refractivity contribution is 6.09. The first kappa shape index (κ1) is 18.9. The van der Waals surface area contributed by atoms with E-state index in [-0.39, 0.29) is 11.8 Å². The van der Waals surface area contributed by atoms with Crippen molar-refractivity contribution in [3.8, 4) is 0 Å². The van der Waals surface area contributed by atoms with Crippen molar-refractivity contribution in [2.45, 2.75) is 19.8 Å². The number of amides is 2. The molecule has 0 aromatic heterocycles. The van der Waals surface area contributed by atoms with Gasteiger partial charge in [-0.25, -0.2) is 0 Å². The van der Waals surface area contributed by atoms with E-state index in [2.05, 4.69) is 29.1 Å². The molecule has 0 spiro atoms. The molecule has 2 amide bonds. The molecular formula is C20H30N4O2. The number of nitrogens with zero attached hydrogens (tertiary/aromatic N) is 3. The van der Waals surface area contributed by atoms with Crippen LogP contribution in [0.1, 0.15) is 18.9 Å². The van der Waals surface area contributed by atoms with Gasteiger partial charge in [0.25, 0.3) is 0 Å². The third kappa shape index (κ3) is 4.43. The molecule has 2 heterocycles.